The van der Waals surface area contributed by atoms with E-state index in [0.29, 0.717) is 17.2 Å². The Labute approximate surface area is 173 Å². The number of pyridine rings is 1. The molecule has 2 heterocycles. The minimum Gasteiger partial charge on any atom is -0.454 e. The molecular formula is C24H31N3O2. The second kappa shape index (κ2) is 9.88. The van der Waals surface area contributed by atoms with Crippen LogP contribution in [0.25, 0.3) is 0 Å². The van der Waals surface area contributed by atoms with Crippen LogP contribution in [0.1, 0.15) is 44.9 Å². The third kappa shape index (κ3) is 5.57. The summed E-state index contributed by atoms with van der Waals surface area (Å²) in [5.41, 5.74) is 0.714. The number of para-hydroxylation sites is 2. The maximum absolute atomic E-state index is 13.0. The molecule has 29 heavy (non-hydrogen) atoms. The second-order valence-electron chi connectivity index (χ2n) is 8.38. The van der Waals surface area contributed by atoms with Crippen molar-refractivity contribution in [3.05, 3.63) is 48.8 Å². The zero-order valence-corrected chi connectivity index (χ0v) is 17.1. The zero-order valence-electron chi connectivity index (χ0n) is 17.1. The maximum Gasteiger partial charge on any atom is 0.228 e. The van der Waals surface area contributed by atoms with E-state index < -0.39 is 0 Å². The molecule has 154 valence electrons. The van der Waals surface area contributed by atoms with Crippen LogP contribution in [0.5, 0.6) is 11.5 Å². The van der Waals surface area contributed by atoms with Gasteiger partial charge in [0, 0.05) is 19.3 Å². The van der Waals surface area contributed by atoms with Crippen molar-refractivity contribution < 1.29 is 9.53 Å². The first-order chi connectivity index (χ1) is 14.3. The average molecular weight is 394 g/mol. The molecule has 4 rings (SSSR count). The third-order valence-electron chi connectivity index (χ3n) is 6.12. The van der Waals surface area contributed by atoms with Gasteiger partial charge in [-0.15, -0.1) is 0 Å². The van der Waals surface area contributed by atoms with Gasteiger partial charge in [-0.3, -0.25) is 9.78 Å². The van der Waals surface area contributed by atoms with Crippen molar-refractivity contribution in [1.82, 2.24) is 9.88 Å². The molecule has 0 bridgehead atoms. The molecule has 1 aromatic carbocycles. The van der Waals surface area contributed by atoms with Gasteiger partial charge in [0.15, 0.2) is 5.75 Å². The summed E-state index contributed by atoms with van der Waals surface area (Å²) < 4.78 is 5.93. The quantitative estimate of drug-likeness (QED) is 0.741. The first kappa shape index (κ1) is 19.9. The van der Waals surface area contributed by atoms with Crippen LogP contribution in [-0.2, 0) is 4.79 Å². The van der Waals surface area contributed by atoms with Gasteiger partial charge in [-0.2, -0.15) is 0 Å². The number of benzene rings is 1. The van der Waals surface area contributed by atoms with Gasteiger partial charge >= 0.3 is 0 Å². The van der Waals surface area contributed by atoms with Crippen molar-refractivity contribution in [1.29, 1.82) is 0 Å². The number of amides is 1. The molecule has 1 aromatic heterocycles. The van der Waals surface area contributed by atoms with E-state index in [9.17, 15) is 4.79 Å². The maximum atomic E-state index is 13.0. The predicted molar refractivity (Wildman–Crippen MR) is 115 cm³/mol. The molecule has 1 amide bonds. The summed E-state index contributed by atoms with van der Waals surface area (Å²) in [6, 6.07) is 11.3. The molecular weight excluding hydrogens is 362 g/mol. The molecule has 5 heteroatoms. The van der Waals surface area contributed by atoms with Gasteiger partial charge in [-0.25, -0.2) is 0 Å². The number of hydrogen-bond acceptors (Lipinski definition) is 4. The number of anilines is 1. The van der Waals surface area contributed by atoms with Crippen molar-refractivity contribution in [2.75, 3.05) is 25.0 Å². The summed E-state index contributed by atoms with van der Waals surface area (Å²) in [6.07, 6.45) is 12.3. The predicted octanol–water partition coefficient (Wildman–Crippen LogP) is 5.10. The number of carbonyl (C=O) groups excluding carboxylic acids is 1. The smallest absolute Gasteiger partial charge is 0.228 e. The van der Waals surface area contributed by atoms with E-state index in [1.165, 1.54) is 32.1 Å². The van der Waals surface area contributed by atoms with Crippen molar-refractivity contribution in [3.8, 4) is 11.5 Å². The van der Waals surface area contributed by atoms with Gasteiger partial charge in [0.2, 0.25) is 5.91 Å². The molecule has 2 aliphatic rings. The van der Waals surface area contributed by atoms with Gasteiger partial charge < -0.3 is 15.0 Å². The monoisotopic (exact) mass is 393 g/mol. The zero-order chi connectivity index (χ0) is 19.9. The number of likely N-dealkylation sites (tertiary alicyclic amines) is 1. The minimum absolute atomic E-state index is 0.0405. The minimum atomic E-state index is 0.0405. The standard InChI is InChI=1S/C24H31N3O2/c28-24(20-10-7-15-27(18-20)17-19-8-2-1-3-9-19)26-22-12-4-5-13-23(22)29-21-11-6-14-25-16-21/h4-6,11-14,16,19-20H,1-3,7-10,15,17-18H2,(H,26,28). The van der Waals surface area contributed by atoms with Crippen molar-refractivity contribution >= 4 is 11.6 Å². The van der Waals surface area contributed by atoms with Crippen LogP contribution < -0.4 is 10.1 Å². The summed E-state index contributed by atoms with van der Waals surface area (Å²) in [4.78, 5) is 19.6. The summed E-state index contributed by atoms with van der Waals surface area (Å²) in [7, 11) is 0. The summed E-state index contributed by atoms with van der Waals surface area (Å²) in [5.74, 6) is 2.26. The van der Waals surface area contributed by atoms with Gasteiger partial charge in [0.05, 0.1) is 17.8 Å². The van der Waals surface area contributed by atoms with Gasteiger partial charge in [-0.1, -0.05) is 31.4 Å². The van der Waals surface area contributed by atoms with Crippen LogP contribution in [0.15, 0.2) is 48.8 Å². The number of aromatic nitrogens is 1. The molecule has 0 radical (unpaired) electrons. The highest BCUT2D eigenvalue weighted by Crippen LogP contribution is 2.30. The average Bonchev–Trinajstić information content (AvgIpc) is 2.77. The van der Waals surface area contributed by atoms with Crippen LogP contribution in [0, 0.1) is 11.8 Å². The largest absolute Gasteiger partial charge is 0.454 e. The Morgan fingerprint density at radius 1 is 1.07 bits per heavy atom. The Morgan fingerprint density at radius 3 is 2.76 bits per heavy atom. The van der Waals surface area contributed by atoms with E-state index in [1.54, 1.807) is 12.4 Å². The first-order valence-electron chi connectivity index (χ1n) is 11.0. The Morgan fingerprint density at radius 2 is 1.93 bits per heavy atom. The third-order valence-corrected chi connectivity index (χ3v) is 6.12. The summed E-state index contributed by atoms with van der Waals surface area (Å²) in [6.45, 7) is 3.15. The highest BCUT2D eigenvalue weighted by atomic mass is 16.5. The number of piperidine rings is 1. The number of ether oxygens (including phenoxy) is 1. The highest BCUT2D eigenvalue weighted by Gasteiger charge is 2.28. The van der Waals surface area contributed by atoms with Gasteiger partial charge in [0.1, 0.15) is 5.75 Å². The fourth-order valence-electron chi connectivity index (χ4n) is 4.60. The molecule has 1 atom stereocenters. The Hall–Kier alpha value is -2.40. The van der Waals surface area contributed by atoms with E-state index in [1.807, 2.05) is 36.4 Å². The van der Waals surface area contributed by atoms with E-state index >= 15 is 0 Å². The first-order valence-corrected chi connectivity index (χ1v) is 11.0. The lowest BCUT2D eigenvalue weighted by Gasteiger charge is -2.35. The van der Waals surface area contributed by atoms with Crippen LogP contribution in [0.3, 0.4) is 0 Å². The molecule has 5 nitrogen and oxygen atoms in total. The highest BCUT2D eigenvalue weighted by molar-refractivity contribution is 5.94. The number of hydrogen-bond donors (Lipinski definition) is 1. The summed E-state index contributed by atoms with van der Waals surface area (Å²) >= 11 is 0. The molecule has 0 spiro atoms. The number of carbonyl (C=O) groups is 1. The van der Waals surface area contributed by atoms with Crippen LogP contribution >= 0.6 is 0 Å². The van der Waals surface area contributed by atoms with Crippen molar-refractivity contribution in [2.24, 2.45) is 11.8 Å². The topological polar surface area (TPSA) is 54.5 Å². The van der Waals surface area contributed by atoms with E-state index in [2.05, 4.69) is 15.2 Å². The molecule has 1 aliphatic heterocycles. The van der Waals surface area contributed by atoms with Crippen LogP contribution in [-0.4, -0.2) is 35.4 Å². The molecule has 2 fully saturated rings. The van der Waals surface area contributed by atoms with Crippen molar-refractivity contribution in [2.45, 2.75) is 44.9 Å². The lowest BCUT2D eigenvalue weighted by molar-refractivity contribution is -0.121. The van der Waals surface area contributed by atoms with Crippen LogP contribution in [0.2, 0.25) is 0 Å². The Kier molecular flexibility index (Phi) is 6.78. The number of nitrogens with one attached hydrogen (secondary N) is 1. The SMILES string of the molecule is O=C(Nc1ccccc1Oc1cccnc1)C1CCCN(CC2CCCCC2)C1. The lowest BCUT2D eigenvalue weighted by Crippen LogP contribution is -2.43. The fourth-order valence-corrected chi connectivity index (χ4v) is 4.60. The van der Waals surface area contributed by atoms with Crippen molar-refractivity contribution in [3.63, 3.8) is 0 Å². The Balaban J connectivity index is 1.36. The normalized spacial score (nSPS) is 20.9. The molecule has 1 saturated carbocycles. The van der Waals surface area contributed by atoms with E-state index in [-0.39, 0.29) is 11.8 Å². The number of nitrogens with zero attached hydrogens (tertiary/aromatic N) is 2. The Bertz CT molecular complexity index is 790. The van der Waals surface area contributed by atoms with E-state index in [4.69, 9.17) is 4.74 Å². The molecule has 1 aliphatic carbocycles. The molecule has 1 saturated heterocycles. The number of rotatable bonds is 6. The molecule has 1 N–H and O–H groups in total. The second-order valence-corrected chi connectivity index (χ2v) is 8.38. The van der Waals surface area contributed by atoms with E-state index in [0.717, 1.165) is 38.4 Å². The molecule has 1 unspecified atom stereocenters. The lowest BCUT2D eigenvalue weighted by atomic mass is 9.88. The summed E-state index contributed by atoms with van der Waals surface area (Å²) in [5, 5.41) is 3.11. The fraction of sp³-hybridized carbons (Fsp3) is 0.500. The molecule has 2 aromatic rings. The van der Waals surface area contributed by atoms with Gasteiger partial charge in [-0.05, 0) is 62.4 Å². The van der Waals surface area contributed by atoms with Crippen LogP contribution in [0.4, 0.5) is 5.69 Å². The van der Waals surface area contributed by atoms with Gasteiger partial charge in [0.25, 0.3) is 0 Å².